The third kappa shape index (κ3) is 3.91. The van der Waals surface area contributed by atoms with Gasteiger partial charge in [0.25, 0.3) is 21.8 Å². The normalized spacial score (nSPS) is 18.9. The number of ether oxygens (including phenoxy) is 1. The first-order chi connectivity index (χ1) is 16.8. The van der Waals surface area contributed by atoms with Gasteiger partial charge >= 0.3 is 0 Å². The van der Waals surface area contributed by atoms with Crippen LogP contribution in [0.1, 0.15) is 22.8 Å². The number of nitrogens with one attached hydrogen (secondary N) is 1. The van der Waals surface area contributed by atoms with E-state index in [1.54, 1.807) is 42.5 Å². The molecule has 0 saturated carbocycles. The number of hydrogen-bond donors (Lipinski definition) is 1. The van der Waals surface area contributed by atoms with Gasteiger partial charge in [0.15, 0.2) is 6.10 Å². The molecule has 0 unspecified atom stereocenters. The Balaban J connectivity index is 1.51. The molecule has 35 heavy (non-hydrogen) atoms. The molecule has 3 aromatic rings. The summed E-state index contributed by atoms with van der Waals surface area (Å²) in [5.74, 6) is -0.358. The van der Waals surface area contributed by atoms with Crippen LogP contribution in [0.5, 0.6) is 5.75 Å². The lowest BCUT2D eigenvalue weighted by Gasteiger charge is -2.34. The van der Waals surface area contributed by atoms with Gasteiger partial charge < -0.3 is 15.0 Å². The van der Waals surface area contributed by atoms with Crippen molar-refractivity contribution in [1.29, 1.82) is 0 Å². The number of nitrogens with zero attached hydrogens (tertiary/aromatic N) is 2. The van der Waals surface area contributed by atoms with E-state index in [1.807, 2.05) is 25.1 Å². The minimum absolute atomic E-state index is 0.00301. The topological polar surface area (TPSA) is 96.0 Å². The molecule has 2 aliphatic rings. The maximum atomic E-state index is 13.7. The van der Waals surface area contributed by atoms with Crippen molar-refractivity contribution < 1.29 is 22.7 Å². The summed E-state index contributed by atoms with van der Waals surface area (Å²) in [5.41, 5.74) is 2.36. The molecule has 0 fully saturated rings. The highest BCUT2D eigenvalue weighted by molar-refractivity contribution is 7.92. The highest BCUT2D eigenvalue weighted by atomic mass is 32.2. The Morgan fingerprint density at radius 2 is 1.69 bits per heavy atom. The number of para-hydroxylation sites is 3. The number of carbonyl (C=O) groups is 2. The van der Waals surface area contributed by atoms with Crippen LogP contribution in [-0.2, 0) is 21.2 Å². The number of sulfonamides is 1. The molecule has 0 saturated heterocycles. The standard InChI is InChI=1S/C26H25N3O5S/c1-17-14-18-8-3-4-11-21(18)29(17)35(32,33)20-10-7-9-19(15-20)26(31)28-16-24(25(30)27-2)34-23-13-6-5-12-22(23)28/h3-13,15,17,24H,14,16H2,1-2H3,(H,27,30)/t17-,24+/m1/s1. The third-order valence-electron chi connectivity index (χ3n) is 6.34. The smallest absolute Gasteiger partial charge is 0.264 e. The molecule has 9 heteroatoms. The number of carbonyl (C=O) groups excluding carboxylic acids is 2. The van der Waals surface area contributed by atoms with Gasteiger partial charge in [-0.05, 0) is 55.3 Å². The lowest BCUT2D eigenvalue weighted by atomic mass is 10.1. The molecule has 180 valence electrons. The summed E-state index contributed by atoms with van der Waals surface area (Å²) in [6, 6.07) is 20.2. The average Bonchev–Trinajstić information content (AvgIpc) is 3.23. The van der Waals surface area contributed by atoms with Crippen LogP contribution < -0.4 is 19.3 Å². The SMILES string of the molecule is CNC(=O)[C@@H]1CN(C(=O)c2cccc(S(=O)(=O)N3c4ccccc4C[C@H]3C)c2)c2ccccc2O1. The minimum Gasteiger partial charge on any atom is -0.477 e. The molecule has 8 nitrogen and oxygen atoms in total. The highest BCUT2D eigenvalue weighted by Crippen LogP contribution is 2.37. The van der Waals surface area contributed by atoms with Crippen molar-refractivity contribution in [1.82, 2.24) is 5.32 Å². The van der Waals surface area contributed by atoms with Crippen LogP contribution in [0, 0.1) is 0 Å². The Morgan fingerprint density at radius 3 is 2.46 bits per heavy atom. The number of hydrogen-bond acceptors (Lipinski definition) is 5. The van der Waals surface area contributed by atoms with Crippen molar-refractivity contribution in [2.75, 3.05) is 22.8 Å². The Labute approximate surface area is 204 Å². The monoisotopic (exact) mass is 491 g/mol. The summed E-state index contributed by atoms with van der Waals surface area (Å²) < 4.78 is 34.5. The maximum Gasteiger partial charge on any atom is 0.264 e. The van der Waals surface area contributed by atoms with E-state index in [2.05, 4.69) is 5.32 Å². The summed E-state index contributed by atoms with van der Waals surface area (Å²) >= 11 is 0. The Hall–Kier alpha value is -3.85. The summed E-state index contributed by atoms with van der Waals surface area (Å²) in [4.78, 5) is 27.4. The van der Waals surface area contributed by atoms with E-state index in [1.165, 1.54) is 28.4 Å². The lowest BCUT2D eigenvalue weighted by Crippen LogP contribution is -2.50. The molecule has 2 heterocycles. The van der Waals surface area contributed by atoms with Gasteiger partial charge in [0.2, 0.25) is 0 Å². The fourth-order valence-electron chi connectivity index (χ4n) is 4.69. The van der Waals surface area contributed by atoms with E-state index < -0.39 is 22.0 Å². The predicted molar refractivity (Wildman–Crippen MR) is 132 cm³/mol. The first-order valence-corrected chi connectivity index (χ1v) is 12.8. The molecule has 5 rings (SSSR count). The van der Waals surface area contributed by atoms with Crippen LogP contribution in [0.4, 0.5) is 11.4 Å². The number of fused-ring (bicyclic) bond motifs is 2. The molecule has 1 N–H and O–H groups in total. The van der Waals surface area contributed by atoms with Gasteiger partial charge in [-0.1, -0.05) is 36.4 Å². The second-order valence-corrected chi connectivity index (χ2v) is 10.4. The molecular formula is C26H25N3O5S. The van der Waals surface area contributed by atoms with Crippen LogP contribution in [0.15, 0.2) is 77.7 Å². The zero-order chi connectivity index (χ0) is 24.7. The average molecular weight is 492 g/mol. The van der Waals surface area contributed by atoms with Gasteiger partial charge in [0, 0.05) is 18.7 Å². The van der Waals surface area contributed by atoms with Gasteiger partial charge in [-0.15, -0.1) is 0 Å². The quantitative estimate of drug-likeness (QED) is 0.605. The van der Waals surface area contributed by atoms with E-state index in [9.17, 15) is 18.0 Å². The Morgan fingerprint density at radius 1 is 0.971 bits per heavy atom. The first-order valence-electron chi connectivity index (χ1n) is 11.3. The van der Waals surface area contributed by atoms with Crippen LogP contribution in [0.2, 0.25) is 0 Å². The Kier molecular flexibility index (Phi) is 5.72. The predicted octanol–water partition coefficient (Wildman–Crippen LogP) is 2.98. The molecular weight excluding hydrogens is 466 g/mol. The second kappa shape index (κ2) is 8.74. The maximum absolute atomic E-state index is 13.7. The van der Waals surface area contributed by atoms with Gasteiger partial charge in [-0.3, -0.25) is 13.9 Å². The van der Waals surface area contributed by atoms with E-state index in [0.29, 0.717) is 23.5 Å². The van der Waals surface area contributed by atoms with Gasteiger partial charge in [0.1, 0.15) is 5.75 Å². The molecule has 2 atom stereocenters. The second-order valence-electron chi connectivity index (χ2n) is 8.61. The summed E-state index contributed by atoms with van der Waals surface area (Å²) in [6.07, 6.45) is -0.257. The molecule has 0 aliphatic carbocycles. The zero-order valence-electron chi connectivity index (χ0n) is 19.3. The first kappa shape index (κ1) is 22.9. The number of benzene rings is 3. The fraction of sp³-hybridized carbons (Fsp3) is 0.231. The summed E-state index contributed by atoms with van der Waals surface area (Å²) in [5, 5.41) is 2.55. The third-order valence-corrected chi connectivity index (χ3v) is 8.26. The van der Waals surface area contributed by atoms with Crippen molar-refractivity contribution in [3.63, 3.8) is 0 Å². The van der Waals surface area contributed by atoms with Crippen molar-refractivity contribution >= 4 is 33.2 Å². The van der Waals surface area contributed by atoms with Crippen molar-refractivity contribution in [3.05, 3.63) is 83.9 Å². The largest absolute Gasteiger partial charge is 0.477 e. The fourth-order valence-corrected chi connectivity index (χ4v) is 6.43. The number of likely N-dealkylation sites (N-methyl/N-ethyl adjacent to an activating group) is 1. The molecule has 3 aromatic carbocycles. The molecule has 0 aromatic heterocycles. The van der Waals surface area contributed by atoms with Crippen molar-refractivity contribution in [3.8, 4) is 5.75 Å². The number of rotatable bonds is 4. The van der Waals surface area contributed by atoms with Crippen LogP contribution in [0.3, 0.4) is 0 Å². The molecule has 2 aliphatic heterocycles. The molecule has 0 bridgehead atoms. The summed E-state index contributed by atoms with van der Waals surface area (Å²) in [7, 11) is -2.40. The van der Waals surface area contributed by atoms with Gasteiger partial charge in [0.05, 0.1) is 22.8 Å². The van der Waals surface area contributed by atoms with Gasteiger partial charge in [-0.2, -0.15) is 0 Å². The minimum atomic E-state index is -3.90. The van der Waals surface area contributed by atoms with E-state index >= 15 is 0 Å². The number of anilines is 2. The molecule has 2 amide bonds. The van der Waals surface area contributed by atoms with Crippen molar-refractivity contribution in [2.24, 2.45) is 0 Å². The molecule has 0 radical (unpaired) electrons. The Bertz CT molecular complexity index is 1420. The van der Waals surface area contributed by atoms with Crippen LogP contribution in [-0.4, -0.2) is 46.0 Å². The van der Waals surface area contributed by atoms with Crippen molar-refractivity contribution in [2.45, 2.75) is 30.4 Å². The zero-order valence-corrected chi connectivity index (χ0v) is 20.2. The van der Waals surface area contributed by atoms with Gasteiger partial charge in [-0.25, -0.2) is 8.42 Å². The summed E-state index contributed by atoms with van der Waals surface area (Å²) in [6.45, 7) is 1.87. The van der Waals surface area contributed by atoms with Crippen LogP contribution in [0.25, 0.3) is 0 Å². The number of amides is 2. The van der Waals surface area contributed by atoms with E-state index in [4.69, 9.17) is 4.74 Å². The molecule has 0 spiro atoms. The lowest BCUT2D eigenvalue weighted by molar-refractivity contribution is -0.127. The van der Waals surface area contributed by atoms with E-state index in [0.717, 1.165) is 5.56 Å². The van der Waals surface area contributed by atoms with Crippen LogP contribution >= 0.6 is 0 Å². The highest BCUT2D eigenvalue weighted by Gasteiger charge is 2.37. The van der Waals surface area contributed by atoms with E-state index in [-0.39, 0.29) is 29.0 Å².